The van der Waals surface area contributed by atoms with Crippen molar-refractivity contribution >= 4 is 71.1 Å². The first kappa shape index (κ1) is 20.8. The molecule has 0 atom stereocenters. The fourth-order valence-electron chi connectivity index (χ4n) is 1.95. The van der Waals surface area contributed by atoms with Gasteiger partial charge in [0.05, 0.1) is 13.9 Å². The first-order chi connectivity index (χ1) is 12.1. The van der Waals surface area contributed by atoms with Crippen molar-refractivity contribution in [2.75, 3.05) is 0 Å². The van der Waals surface area contributed by atoms with Gasteiger partial charge in [-0.2, -0.15) is 0 Å². The van der Waals surface area contributed by atoms with E-state index in [-0.39, 0.29) is 22.5 Å². The molecular formula is C16H12Br3NO5S. The van der Waals surface area contributed by atoms with Crippen molar-refractivity contribution in [2.45, 2.75) is 6.54 Å². The van der Waals surface area contributed by atoms with E-state index in [1.165, 1.54) is 12.1 Å². The maximum absolute atomic E-state index is 9.70. The van der Waals surface area contributed by atoms with Gasteiger partial charge < -0.3 is 30.8 Å². The molecule has 2 aromatic carbocycles. The number of hydrogen-bond acceptors (Lipinski definition) is 6. The van der Waals surface area contributed by atoms with Gasteiger partial charge in [0.25, 0.3) is 0 Å². The van der Waals surface area contributed by atoms with Crippen LogP contribution in [0.3, 0.4) is 0 Å². The van der Waals surface area contributed by atoms with Crippen molar-refractivity contribution in [3.8, 4) is 28.7 Å². The second-order valence-electron chi connectivity index (χ2n) is 5.08. The number of halogens is 3. The molecule has 0 aliphatic rings. The molecule has 2 rings (SSSR count). The first-order valence-corrected chi connectivity index (χ1v) is 9.70. The summed E-state index contributed by atoms with van der Waals surface area (Å²) in [6.45, 7) is 0.177. The van der Waals surface area contributed by atoms with E-state index in [9.17, 15) is 25.5 Å². The van der Waals surface area contributed by atoms with E-state index in [0.29, 0.717) is 25.1 Å². The number of benzene rings is 2. The average molecular weight is 570 g/mol. The first-order valence-electron chi connectivity index (χ1n) is 6.91. The smallest absolute Gasteiger partial charge is 0.201 e. The summed E-state index contributed by atoms with van der Waals surface area (Å²) < 4.78 is 1.10. The van der Waals surface area contributed by atoms with Crippen LogP contribution < -0.4 is 5.32 Å². The van der Waals surface area contributed by atoms with Gasteiger partial charge >= 0.3 is 0 Å². The van der Waals surface area contributed by atoms with Gasteiger partial charge in [0.1, 0.15) is 0 Å². The predicted molar refractivity (Wildman–Crippen MR) is 113 cm³/mol. The molecule has 0 saturated carbocycles. The Bertz CT molecular complexity index is 918. The zero-order valence-corrected chi connectivity index (χ0v) is 18.4. The average Bonchev–Trinajstić information content (AvgIpc) is 2.61. The highest BCUT2D eigenvalue weighted by atomic mass is 79.9. The summed E-state index contributed by atoms with van der Waals surface area (Å²) in [6.07, 6.45) is 3.20. The molecule has 0 saturated heterocycles. The summed E-state index contributed by atoms with van der Waals surface area (Å²) in [5.41, 5.74) is 1.07. The fraction of sp³-hybridized carbons (Fsp3) is 0.0625. The van der Waals surface area contributed by atoms with Gasteiger partial charge in [0.15, 0.2) is 23.0 Å². The van der Waals surface area contributed by atoms with Crippen molar-refractivity contribution in [1.82, 2.24) is 5.32 Å². The maximum atomic E-state index is 9.70. The molecule has 0 aliphatic carbocycles. The van der Waals surface area contributed by atoms with Gasteiger partial charge in [0, 0.05) is 11.0 Å². The summed E-state index contributed by atoms with van der Waals surface area (Å²) in [6, 6.07) is 2.67. The number of phenolic OH excluding ortho intramolecular Hbond substituents is 5. The van der Waals surface area contributed by atoms with E-state index in [1.807, 2.05) is 0 Å². The third-order valence-electron chi connectivity index (χ3n) is 3.32. The molecule has 10 heteroatoms. The van der Waals surface area contributed by atoms with Crippen LogP contribution in [-0.2, 0) is 6.54 Å². The monoisotopic (exact) mass is 567 g/mol. The van der Waals surface area contributed by atoms with Gasteiger partial charge in [0.2, 0.25) is 5.75 Å². The molecular weight excluding hydrogens is 558 g/mol. The number of aromatic hydroxyl groups is 5. The Morgan fingerprint density at radius 1 is 0.885 bits per heavy atom. The zero-order valence-electron chi connectivity index (χ0n) is 12.8. The molecule has 0 aromatic heterocycles. The second-order valence-corrected chi connectivity index (χ2v) is 7.90. The van der Waals surface area contributed by atoms with Crippen molar-refractivity contribution in [2.24, 2.45) is 0 Å². The predicted octanol–water partition coefficient (Wildman–Crippen LogP) is 4.63. The minimum atomic E-state index is -0.606. The van der Waals surface area contributed by atoms with E-state index in [2.05, 4.69) is 53.1 Å². The van der Waals surface area contributed by atoms with E-state index >= 15 is 0 Å². The zero-order chi connectivity index (χ0) is 19.6. The highest BCUT2D eigenvalue weighted by molar-refractivity contribution is 9.13. The minimum absolute atomic E-state index is 0.177. The lowest BCUT2D eigenvalue weighted by Gasteiger charge is -2.11. The third kappa shape index (κ3) is 4.43. The molecule has 0 amide bonds. The van der Waals surface area contributed by atoms with Gasteiger partial charge in [-0.25, -0.2) is 0 Å². The van der Waals surface area contributed by atoms with Crippen molar-refractivity contribution in [3.63, 3.8) is 0 Å². The van der Waals surface area contributed by atoms with Crippen LogP contribution in [0.4, 0.5) is 0 Å². The Morgan fingerprint density at radius 3 is 2.15 bits per heavy atom. The number of phenols is 5. The third-order valence-corrected chi connectivity index (χ3v) is 6.65. The summed E-state index contributed by atoms with van der Waals surface area (Å²) in [7, 11) is 0. The highest BCUT2D eigenvalue weighted by Gasteiger charge is 2.15. The molecule has 0 spiro atoms. The standard InChI is InChI=1S/C16H12Br3NO5S/c17-11-6(3-8(21)14(23)13(11)19)1-2-10(26)20-5-7-4-9(22)15(24)16(25)12(7)18/h1-4,21-25H,5H2,(H,20,26)/b2-1+. The summed E-state index contributed by atoms with van der Waals surface area (Å²) in [4.78, 5) is 0.347. The van der Waals surface area contributed by atoms with Gasteiger partial charge in [-0.1, -0.05) is 18.3 Å². The van der Waals surface area contributed by atoms with Crippen LogP contribution in [0.5, 0.6) is 28.7 Å². The quantitative estimate of drug-likeness (QED) is 0.181. The topological polar surface area (TPSA) is 113 Å². The van der Waals surface area contributed by atoms with Crippen LogP contribution in [0.2, 0.25) is 0 Å². The minimum Gasteiger partial charge on any atom is -0.504 e. The van der Waals surface area contributed by atoms with Gasteiger partial charge in [-0.3, -0.25) is 0 Å². The van der Waals surface area contributed by atoms with Crippen molar-refractivity contribution in [1.29, 1.82) is 0 Å². The van der Waals surface area contributed by atoms with E-state index in [4.69, 9.17) is 12.2 Å². The lowest BCUT2D eigenvalue weighted by atomic mass is 10.1. The molecule has 138 valence electrons. The van der Waals surface area contributed by atoms with Crippen LogP contribution in [0.1, 0.15) is 11.1 Å². The Hall–Kier alpha value is -1.49. The van der Waals surface area contributed by atoms with Crippen molar-refractivity contribution in [3.05, 3.63) is 42.8 Å². The largest absolute Gasteiger partial charge is 0.504 e. The summed E-state index contributed by atoms with van der Waals surface area (Å²) in [5, 5.41) is 51.0. The molecule has 0 radical (unpaired) electrons. The van der Waals surface area contributed by atoms with Crippen LogP contribution in [0.25, 0.3) is 6.08 Å². The van der Waals surface area contributed by atoms with E-state index in [1.54, 1.807) is 12.2 Å². The van der Waals surface area contributed by atoms with Gasteiger partial charge in [-0.05, 0) is 77.1 Å². The molecule has 0 unspecified atom stereocenters. The van der Waals surface area contributed by atoms with Crippen LogP contribution in [0.15, 0.2) is 31.6 Å². The number of rotatable bonds is 4. The van der Waals surface area contributed by atoms with Gasteiger partial charge in [-0.15, -0.1) is 0 Å². The second kappa shape index (κ2) is 8.47. The SMILES string of the molecule is Oc1cc(CNC(=S)/C=C/c2cc(O)c(O)c(Br)c2Br)c(Br)c(O)c1O. The molecule has 0 bridgehead atoms. The Morgan fingerprint density at radius 2 is 1.50 bits per heavy atom. The highest BCUT2D eigenvalue weighted by Crippen LogP contribution is 2.43. The number of thiocarbonyl (C=S) groups is 1. The van der Waals surface area contributed by atoms with E-state index < -0.39 is 17.2 Å². The molecule has 2 aromatic rings. The number of nitrogens with one attached hydrogen (secondary N) is 1. The summed E-state index contributed by atoms with van der Waals surface area (Å²) >= 11 is 14.8. The Kier molecular flexibility index (Phi) is 6.78. The molecule has 0 heterocycles. The lowest BCUT2D eigenvalue weighted by molar-refractivity contribution is 0.365. The Balaban J connectivity index is 2.12. The molecule has 0 fully saturated rings. The lowest BCUT2D eigenvalue weighted by Crippen LogP contribution is -2.18. The van der Waals surface area contributed by atoms with Crippen LogP contribution >= 0.6 is 60.0 Å². The summed E-state index contributed by atoms with van der Waals surface area (Å²) in [5.74, 6) is -2.07. The molecule has 0 aliphatic heterocycles. The normalized spacial score (nSPS) is 11.0. The molecule has 6 N–H and O–H groups in total. The Labute approximate surface area is 179 Å². The van der Waals surface area contributed by atoms with E-state index in [0.717, 1.165) is 0 Å². The fourth-order valence-corrected chi connectivity index (χ4v) is 3.40. The van der Waals surface area contributed by atoms with Crippen LogP contribution in [-0.4, -0.2) is 30.5 Å². The number of hydrogen-bond donors (Lipinski definition) is 6. The molecule has 6 nitrogen and oxygen atoms in total. The maximum Gasteiger partial charge on any atom is 0.201 e. The van der Waals surface area contributed by atoms with Crippen LogP contribution in [0, 0.1) is 0 Å². The van der Waals surface area contributed by atoms with Crippen molar-refractivity contribution < 1.29 is 25.5 Å². The molecule has 26 heavy (non-hydrogen) atoms.